The molecule has 3 nitrogen and oxygen atoms in total. The van der Waals surface area contributed by atoms with Crippen LogP contribution in [0.5, 0.6) is 0 Å². The molecule has 0 amide bonds. The highest BCUT2D eigenvalue weighted by atomic mass is 16.3. The van der Waals surface area contributed by atoms with Crippen molar-refractivity contribution < 1.29 is 4.42 Å². The second kappa shape index (κ2) is 10.8. The molecule has 238 valence electrons. The van der Waals surface area contributed by atoms with Crippen LogP contribution in [0.25, 0.3) is 99.2 Å². The van der Waals surface area contributed by atoms with Crippen molar-refractivity contribution in [3.05, 3.63) is 182 Å². The number of furan rings is 1. The fraction of sp³-hybridized carbons (Fsp3) is 0. The van der Waals surface area contributed by atoms with Crippen molar-refractivity contribution in [1.29, 1.82) is 0 Å². The van der Waals surface area contributed by atoms with Gasteiger partial charge in [0.15, 0.2) is 0 Å². The maximum absolute atomic E-state index is 6.72. The van der Waals surface area contributed by atoms with Crippen LogP contribution in [0.1, 0.15) is 0 Å². The van der Waals surface area contributed by atoms with Gasteiger partial charge in [0.05, 0.1) is 22.1 Å². The molecular formula is C48H30N2O. The van der Waals surface area contributed by atoms with Crippen LogP contribution in [0, 0.1) is 0 Å². The van der Waals surface area contributed by atoms with Gasteiger partial charge in [0.1, 0.15) is 11.2 Å². The minimum atomic E-state index is 0.881. The summed E-state index contributed by atoms with van der Waals surface area (Å²) in [4.78, 5) is 0. The van der Waals surface area contributed by atoms with Crippen LogP contribution >= 0.6 is 0 Å². The van der Waals surface area contributed by atoms with Crippen molar-refractivity contribution in [2.45, 2.75) is 0 Å². The summed E-state index contributed by atoms with van der Waals surface area (Å²) in [7, 11) is 0. The van der Waals surface area contributed by atoms with Gasteiger partial charge < -0.3 is 13.6 Å². The quantitative estimate of drug-likeness (QED) is 0.186. The lowest BCUT2D eigenvalue weighted by Gasteiger charge is -2.14. The third kappa shape index (κ3) is 4.06. The van der Waals surface area contributed by atoms with E-state index in [1.54, 1.807) is 0 Å². The molecule has 0 aliphatic rings. The molecule has 0 atom stereocenters. The molecule has 0 saturated carbocycles. The zero-order valence-electron chi connectivity index (χ0n) is 27.6. The number of fused-ring (bicyclic) bond motifs is 9. The molecule has 0 N–H and O–H groups in total. The normalized spacial score (nSPS) is 11.9. The van der Waals surface area contributed by atoms with E-state index in [0.29, 0.717) is 0 Å². The molecule has 0 unspecified atom stereocenters. The molecule has 0 saturated heterocycles. The monoisotopic (exact) mass is 650 g/mol. The fourth-order valence-corrected chi connectivity index (χ4v) is 8.42. The molecule has 11 aromatic rings. The third-order valence-corrected chi connectivity index (χ3v) is 10.5. The molecule has 0 spiro atoms. The largest absolute Gasteiger partial charge is 0.456 e. The van der Waals surface area contributed by atoms with Gasteiger partial charge in [-0.05, 0) is 77.4 Å². The Bertz CT molecular complexity index is 3130. The summed E-state index contributed by atoms with van der Waals surface area (Å²) < 4.78 is 11.5. The van der Waals surface area contributed by atoms with Crippen LogP contribution in [0.4, 0.5) is 0 Å². The van der Waals surface area contributed by atoms with Gasteiger partial charge in [-0.3, -0.25) is 0 Å². The Morgan fingerprint density at radius 1 is 0.333 bits per heavy atom. The lowest BCUT2D eigenvalue weighted by Crippen LogP contribution is -1.95. The number of hydrogen-bond acceptors (Lipinski definition) is 1. The first-order valence-electron chi connectivity index (χ1n) is 17.4. The first-order chi connectivity index (χ1) is 25.3. The molecule has 0 radical (unpaired) electrons. The van der Waals surface area contributed by atoms with E-state index in [9.17, 15) is 0 Å². The number of rotatable bonds is 4. The highest BCUT2D eigenvalue weighted by Crippen LogP contribution is 2.46. The van der Waals surface area contributed by atoms with E-state index >= 15 is 0 Å². The lowest BCUT2D eigenvalue weighted by atomic mass is 9.91. The summed E-state index contributed by atoms with van der Waals surface area (Å²) in [5.41, 5.74) is 13.4. The minimum Gasteiger partial charge on any atom is -0.456 e. The average Bonchev–Trinajstić information content (AvgIpc) is 3.86. The second-order valence-electron chi connectivity index (χ2n) is 13.3. The summed E-state index contributed by atoms with van der Waals surface area (Å²) in [5.74, 6) is 0. The number of para-hydroxylation sites is 6. The lowest BCUT2D eigenvalue weighted by molar-refractivity contribution is 0.669. The smallest absolute Gasteiger partial charge is 0.136 e. The predicted octanol–water partition coefficient (Wildman–Crippen LogP) is 13.1. The van der Waals surface area contributed by atoms with E-state index < -0.39 is 0 Å². The Balaban J connectivity index is 1.28. The predicted molar refractivity (Wildman–Crippen MR) is 213 cm³/mol. The Kier molecular flexibility index (Phi) is 5.96. The van der Waals surface area contributed by atoms with E-state index in [0.717, 1.165) is 50.0 Å². The standard InChI is InChI=1S/C48H30N2O/c1-3-15-32(16-4-1)49-42-26-11-8-20-38(42)46-36(23-14-27-43(46)49)40-29-31(30-45-47(40)39-21-9-12-28-44(39)51-45)34-22-13-24-37-35-19-7-10-25-41(35)50(48(34)37)33-17-5-2-6-18-33/h1-30H. The van der Waals surface area contributed by atoms with Crippen LogP contribution in [-0.4, -0.2) is 9.13 Å². The molecule has 0 aliphatic carbocycles. The molecule has 51 heavy (non-hydrogen) atoms. The van der Waals surface area contributed by atoms with Gasteiger partial charge in [-0.1, -0.05) is 121 Å². The summed E-state index contributed by atoms with van der Waals surface area (Å²) in [6, 6.07) is 65.4. The topological polar surface area (TPSA) is 23.0 Å². The molecule has 3 heteroatoms. The maximum Gasteiger partial charge on any atom is 0.136 e. The van der Waals surface area contributed by atoms with Gasteiger partial charge in [0.2, 0.25) is 0 Å². The fourth-order valence-electron chi connectivity index (χ4n) is 8.42. The van der Waals surface area contributed by atoms with Crippen LogP contribution in [0.15, 0.2) is 186 Å². The van der Waals surface area contributed by atoms with Crippen molar-refractivity contribution >= 4 is 65.6 Å². The number of benzene rings is 8. The van der Waals surface area contributed by atoms with Crippen LogP contribution < -0.4 is 0 Å². The summed E-state index contributed by atoms with van der Waals surface area (Å²) >= 11 is 0. The van der Waals surface area contributed by atoms with Crippen molar-refractivity contribution in [3.63, 3.8) is 0 Å². The van der Waals surface area contributed by atoms with Crippen molar-refractivity contribution in [1.82, 2.24) is 9.13 Å². The summed E-state index contributed by atoms with van der Waals surface area (Å²) in [6.45, 7) is 0. The zero-order chi connectivity index (χ0) is 33.5. The van der Waals surface area contributed by atoms with E-state index in [1.165, 1.54) is 49.2 Å². The van der Waals surface area contributed by atoms with Crippen LogP contribution in [-0.2, 0) is 0 Å². The summed E-state index contributed by atoms with van der Waals surface area (Å²) in [5, 5.41) is 7.18. The van der Waals surface area contributed by atoms with Gasteiger partial charge >= 0.3 is 0 Å². The molecule has 3 heterocycles. The highest BCUT2D eigenvalue weighted by Gasteiger charge is 2.22. The van der Waals surface area contributed by atoms with E-state index in [-0.39, 0.29) is 0 Å². The Hall–Kier alpha value is -6.84. The van der Waals surface area contributed by atoms with Gasteiger partial charge in [-0.15, -0.1) is 0 Å². The Labute approximate surface area is 293 Å². The van der Waals surface area contributed by atoms with Gasteiger partial charge in [-0.25, -0.2) is 0 Å². The second-order valence-corrected chi connectivity index (χ2v) is 13.3. The highest BCUT2D eigenvalue weighted by molar-refractivity contribution is 6.22. The first-order valence-corrected chi connectivity index (χ1v) is 17.4. The Morgan fingerprint density at radius 2 is 0.902 bits per heavy atom. The molecule has 3 aromatic heterocycles. The molecular weight excluding hydrogens is 621 g/mol. The molecule has 0 bridgehead atoms. The number of hydrogen-bond donors (Lipinski definition) is 0. The van der Waals surface area contributed by atoms with Gasteiger partial charge in [-0.2, -0.15) is 0 Å². The number of aromatic nitrogens is 2. The minimum absolute atomic E-state index is 0.881. The number of nitrogens with zero attached hydrogens (tertiary/aromatic N) is 2. The van der Waals surface area contributed by atoms with Crippen LogP contribution in [0.3, 0.4) is 0 Å². The molecule has 11 rings (SSSR count). The van der Waals surface area contributed by atoms with E-state index in [2.05, 4.69) is 191 Å². The molecule has 8 aromatic carbocycles. The zero-order valence-corrected chi connectivity index (χ0v) is 27.6. The van der Waals surface area contributed by atoms with E-state index in [4.69, 9.17) is 4.42 Å². The van der Waals surface area contributed by atoms with Crippen molar-refractivity contribution in [3.8, 4) is 33.6 Å². The maximum atomic E-state index is 6.72. The van der Waals surface area contributed by atoms with Gasteiger partial charge in [0.25, 0.3) is 0 Å². The van der Waals surface area contributed by atoms with Crippen molar-refractivity contribution in [2.75, 3.05) is 0 Å². The summed E-state index contributed by atoms with van der Waals surface area (Å²) in [6.07, 6.45) is 0. The average molecular weight is 651 g/mol. The molecule has 0 fully saturated rings. The Morgan fingerprint density at radius 3 is 1.69 bits per heavy atom. The first kappa shape index (κ1) is 28.0. The molecule has 0 aliphatic heterocycles. The third-order valence-electron chi connectivity index (χ3n) is 10.5. The van der Waals surface area contributed by atoms with Crippen LogP contribution in [0.2, 0.25) is 0 Å². The van der Waals surface area contributed by atoms with Gasteiger partial charge in [0, 0.05) is 49.3 Å². The van der Waals surface area contributed by atoms with Crippen molar-refractivity contribution in [2.24, 2.45) is 0 Å². The van der Waals surface area contributed by atoms with E-state index in [1.807, 2.05) is 0 Å². The SMILES string of the molecule is c1ccc(-n2c3ccccc3c3c(-c4cc(-c5cccc6c7ccccc7n(-c7ccccc7)c56)cc5oc6ccccc6c45)cccc32)cc1.